The van der Waals surface area contributed by atoms with Crippen molar-refractivity contribution in [2.45, 2.75) is 53.1 Å². The number of benzene rings is 1. The van der Waals surface area contributed by atoms with Crippen molar-refractivity contribution >= 4 is 11.9 Å². The second kappa shape index (κ2) is 8.46. The number of nitrogens with zero attached hydrogens (tertiary/aromatic N) is 2. The molecule has 2 aromatic rings. The molecule has 0 fully saturated rings. The van der Waals surface area contributed by atoms with Gasteiger partial charge >= 0.3 is 5.97 Å². The highest BCUT2D eigenvalue weighted by atomic mass is 16.5. The van der Waals surface area contributed by atoms with Crippen LogP contribution in [0.2, 0.25) is 0 Å². The van der Waals surface area contributed by atoms with Gasteiger partial charge in [0.2, 0.25) is 0 Å². The molecule has 0 bridgehead atoms. The Kier molecular flexibility index (Phi) is 6.33. The highest BCUT2D eigenvalue weighted by Gasteiger charge is 2.17. The van der Waals surface area contributed by atoms with Gasteiger partial charge in [-0.15, -0.1) is 0 Å². The number of hydrogen-bond donors (Lipinski definition) is 1. The lowest BCUT2D eigenvalue weighted by Gasteiger charge is -2.15. The first-order valence-corrected chi connectivity index (χ1v) is 8.55. The number of ether oxygens (including phenoxy) is 1. The summed E-state index contributed by atoms with van der Waals surface area (Å²) in [4.78, 5) is 23.3. The zero-order valence-electron chi connectivity index (χ0n) is 15.2. The number of aromatic nitrogens is 2. The van der Waals surface area contributed by atoms with Gasteiger partial charge in [0.05, 0.1) is 17.8 Å². The number of hydrogen-bond acceptors (Lipinski definition) is 4. The molecule has 0 unspecified atom stereocenters. The normalized spacial score (nSPS) is 10.8. The Bertz CT molecular complexity index is 731. The van der Waals surface area contributed by atoms with Crippen LogP contribution < -0.4 is 10.1 Å². The van der Waals surface area contributed by atoms with Crippen LogP contribution >= 0.6 is 0 Å². The van der Waals surface area contributed by atoms with E-state index in [-0.39, 0.29) is 11.9 Å². The maximum atomic E-state index is 12.4. The molecular formula is C19H25N3O3. The zero-order valence-corrected chi connectivity index (χ0v) is 15.2. The van der Waals surface area contributed by atoms with Gasteiger partial charge in [-0.05, 0) is 37.5 Å². The number of rotatable bonds is 7. The number of nitrogens with one attached hydrogen (secondary N) is 1. The summed E-state index contributed by atoms with van der Waals surface area (Å²) in [6.45, 7) is 7.92. The first kappa shape index (κ1) is 18.7. The summed E-state index contributed by atoms with van der Waals surface area (Å²) in [6.07, 6.45) is 3.59. The Labute approximate surface area is 148 Å². The summed E-state index contributed by atoms with van der Waals surface area (Å²) in [5, 5.41) is 7.28. The summed E-state index contributed by atoms with van der Waals surface area (Å²) < 4.78 is 6.92. The van der Waals surface area contributed by atoms with Crippen LogP contribution in [0, 0.1) is 6.92 Å². The van der Waals surface area contributed by atoms with E-state index < -0.39 is 0 Å². The fourth-order valence-corrected chi connectivity index (χ4v) is 2.77. The van der Waals surface area contributed by atoms with E-state index in [2.05, 4.69) is 24.3 Å². The second-order valence-electron chi connectivity index (χ2n) is 5.98. The SMILES string of the molecule is CCC(CC)n1ncc(C(=O)NCc2ccc(OC(C)=O)cc2)c1C. The van der Waals surface area contributed by atoms with Crippen molar-refractivity contribution in [3.05, 3.63) is 47.3 Å². The van der Waals surface area contributed by atoms with Crippen LogP contribution in [-0.2, 0) is 11.3 Å². The molecule has 1 N–H and O–H groups in total. The molecule has 1 heterocycles. The molecule has 0 saturated heterocycles. The Balaban J connectivity index is 1.99. The first-order chi connectivity index (χ1) is 12.0. The monoisotopic (exact) mass is 343 g/mol. The van der Waals surface area contributed by atoms with Crippen LogP contribution in [-0.4, -0.2) is 21.7 Å². The van der Waals surface area contributed by atoms with Gasteiger partial charge in [0, 0.05) is 19.2 Å². The van der Waals surface area contributed by atoms with E-state index in [0.717, 1.165) is 24.1 Å². The van der Waals surface area contributed by atoms with Gasteiger partial charge in [-0.25, -0.2) is 0 Å². The Morgan fingerprint density at radius 1 is 1.20 bits per heavy atom. The molecule has 1 amide bonds. The topological polar surface area (TPSA) is 73.2 Å². The summed E-state index contributed by atoms with van der Waals surface area (Å²) >= 11 is 0. The van der Waals surface area contributed by atoms with Crippen molar-refractivity contribution in [2.24, 2.45) is 0 Å². The minimum Gasteiger partial charge on any atom is -0.427 e. The van der Waals surface area contributed by atoms with Gasteiger partial charge in [-0.2, -0.15) is 5.10 Å². The highest BCUT2D eigenvalue weighted by Crippen LogP contribution is 2.19. The second-order valence-corrected chi connectivity index (χ2v) is 5.98. The van der Waals surface area contributed by atoms with Gasteiger partial charge in [0.25, 0.3) is 5.91 Å². The van der Waals surface area contributed by atoms with Crippen molar-refractivity contribution in [1.29, 1.82) is 0 Å². The van der Waals surface area contributed by atoms with Crippen molar-refractivity contribution in [1.82, 2.24) is 15.1 Å². The highest BCUT2D eigenvalue weighted by molar-refractivity contribution is 5.95. The van der Waals surface area contributed by atoms with E-state index in [1.54, 1.807) is 18.3 Å². The number of carbonyl (C=O) groups excluding carboxylic acids is 2. The Hall–Kier alpha value is -2.63. The van der Waals surface area contributed by atoms with Crippen molar-refractivity contribution in [3.63, 3.8) is 0 Å². The Morgan fingerprint density at radius 2 is 1.84 bits per heavy atom. The zero-order chi connectivity index (χ0) is 18.4. The lowest BCUT2D eigenvalue weighted by molar-refractivity contribution is -0.131. The quantitative estimate of drug-likeness (QED) is 0.618. The summed E-state index contributed by atoms with van der Waals surface area (Å²) in [5.41, 5.74) is 2.41. The number of carbonyl (C=O) groups is 2. The first-order valence-electron chi connectivity index (χ1n) is 8.55. The predicted molar refractivity (Wildman–Crippen MR) is 95.5 cm³/mol. The van der Waals surface area contributed by atoms with Crippen molar-refractivity contribution in [2.75, 3.05) is 0 Å². The lowest BCUT2D eigenvalue weighted by atomic mass is 10.1. The van der Waals surface area contributed by atoms with Gasteiger partial charge < -0.3 is 10.1 Å². The summed E-state index contributed by atoms with van der Waals surface area (Å²) in [5.74, 6) is -0.00496. The van der Waals surface area contributed by atoms with Gasteiger partial charge in [0.1, 0.15) is 5.75 Å². The smallest absolute Gasteiger partial charge is 0.308 e. The van der Waals surface area contributed by atoms with E-state index >= 15 is 0 Å². The third-order valence-corrected chi connectivity index (χ3v) is 4.22. The number of esters is 1. The molecular weight excluding hydrogens is 318 g/mol. The molecule has 1 aromatic heterocycles. The molecule has 0 aliphatic rings. The van der Waals surface area contributed by atoms with Crippen LogP contribution in [0.3, 0.4) is 0 Å². The Morgan fingerprint density at radius 3 is 2.40 bits per heavy atom. The fourth-order valence-electron chi connectivity index (χ4n) is 2.77. The average molecular weight is 343 g/mol. The van der Waals surface area contributed by atoms with Gasteiger partial charge in [-0.1, -0.05) is 26.0 Å². The molecule has 6 heteroatoms. The molecule has 6 nitrogen and oxygen atoms in total. The molecule has 0 atom stereocenters. The van der Waals surface area contributed by atoms with Crippen LogP contribution in [0.5, 0.6) is 5.75 Å². The minimum absolute atomic E-state index is 0.140. The van der Waals surface area contributed by atoms with Crippen LogP contribution in [0.4, 0.5) is 0 Å². The van der Waals surface area contributed by atoms with E-state index in [4.69, 9.17) is 4.74 Å². The predicted octanol–water partition coefficient (Wildman–Crippen LogP) is 3.41. The van der Waals surface area contributed by atoms with Crippen molar-refractivity contribution in [3.8, 4) is 5.75 Å². The van der Waals surface area contributed by atoms with Crippen LogP contribution in [0.25, 0.3) is 0 Å². The average Bonchev–Trinajstić information content (AvgIpc) is 2.96. The summed E-state index contributed by atoms with van der Waals surface area (Å²) in [6, 6.07) is 7.37. The lowest BCUT2D eigenvalue weighted by Crippen LogP contribution is -2.23. The maximum absolute atomic E-state index is 12.4. The molecule has 0 spiro atoms. The fraction of sp³-hybridized carbons (Fsp3) is 0.421. The van der Waals surface area contributed by atoms with E-state index in [9.17, 15) is 9.59 Å². The molecule has 1 aromatic carbocycles. The molecule has 0 radical (unpaired) electrons. The minimum atomic E-state index is -0.356. The molecule has 0 aliphatic carbocycles. The standard InChI is InChI=1S/C19H25N3O3/c1-5-16(6-2)22-13(3)18(12-21-22)19(24)20-11-15-7-9-17(10-8-15)25-14(4)23/h7-10,12,16H,5-6,11H2,1-4H3,(H,20,24). The van der Waals surface area contributed by atoms with Crippen LogP contribution in [0.1, 0.15) is 61.3 Å². The van der Waals surface area contributed by atoms with Crippen LogP contribution in [0.15, 0.2) is 30.5 Å². The van der Waals surface area contributed by atoms with E-state index in [0.29, 0.717) is 23.9 Å². The van der Waals surface area contributed by atoms with E-state index in [1.165, 1.54) is 6.92 Å². The largest absolute Gasteiger partial charge is 0.427 e. The molecule has 25 heavy (non-hydrogen) atoms. The molecule has 134 valence electrons. The molecule has 0 saturated carbocycles. The third-order valence-electron chi connectivity index (χ3n) is 4.22. The van der Waals surface area contributed by atoms with E-state index in [1.807, 2.05) is 23.7 Å². The van der Waals surface area contributed by atoms with Gasteiger partial charge in [-0.3, -0.25) is 14.3 Å². The third kappa shape index (κ3) is 4.68. The number of amides is 1. The molecule has 2 rings (SSSR count). The van der Waals surface area contributed by atoms with Gasteiger partial charge in [0.15, 0.2) is 0 Å². The summed E-state index contributed by atoms with van der Waals surface area (Å²) in [7, 11) is 0. The maximum Gasteiger partial charge on any atom is 0.308 e. The molecule has 0 aliphatic heterocycles. The van der Waals surface area contributed by atoms with Crippen molar-refractivity contribution < 1.29 is 14.3 Å².